The standard InChI is InChI=1S/C11H20F3N3/c12-11(13,14)10(7-15)17-6-3-9(8-17)16-4-1-2-5-16/h9-10H,1-8,15H2. The van der Waals surface area contributed by atoms with E-state index in [1.165, 1.54) is 17.7 Å². The van der Waals surface area contributed by atoms with Crippen molar-refractivity contribution in [3.8, 4) is 0 Å². The van der Waals surface area contributed by atoms with Crippen LogP contribution in [-0.2, 0) is 0 Å². The third kappa shape index (κ3) is 2.92. The van der Waals surface area contributed by atoms with E-state index in [9.17, 15) is 13.2 Å². The fraction of sp³-hybridized carbons (Fsp3) is 1.00. The first-order chi connectivity index (χ1) is 8.02. The number of rotatable bonds is 3. The predicted octanol–water partition coefficient (Wildman–Crippen LogP) is 1.05. The minimum atomic E-state index is -4.20. The van der Waals surface area contributed by atoms with Gasteiger partial charge < -0.3 is 5.73 Å². The Labute approximate surface area is 99.7 Å². The van der Waals surface area contributed by atoms with Gasteiger partial charge in [-0.1, -0.05) is 0 Å². The lowest BCUT2D eigenvalue weighted by Gasteiger charge is -2.29. The van der Waals surface area contributed by atoms with Crippen LogP contribution in [0.25, 0.3) is 0 Å². The highest BCUT2D eigenvalue weighted by Gasteiger charge is 2.45. The number of hydrogen-bond acceptors (Lipinski definition) is 3. The first kappa shape index (κ1) is 13.1. The summed E-state index contributed by atoms with van der Waals surface area (Å²) in [5.41, 5.74) is 5.26. The first-order valence-corrected chi connectivity index (χ1v) is 6.27. The van der Waals surface area contributed by atoms with Crippen LogP contribution in [0.15, 0.2) is 0 Å². The fourth-order valence-electron chi connectivity index (χ4n) is 2.95. The molecule has 0 bridgehead atoms. The number of likely N-dealkylation sites (tertiary alicyclic amines) is 2. The molecule has 0 aromatic heterocycles. The van der Waals surface area contributed by atoms with E-state index in [0.29, 0.717) is 19.1 Å². The van der Waals surface area contributed by atoms with Crippen LogP contribution in [0.4, 0.5) is 13.2 Å². The number of hydrogen-bond donors (Lipinski definition) is 1. The van der Waals surface area contributed by atoms with Gasteiger partial charge in [-0.2, -0.15) is 13.2 Å². The summed E-state index contributed by atoms with van der Waals surface area (Å²) >= 11 is 0. The summed E-state index contributed by atoms with van der Waals surface area (Å²) < 4.78 is 38.2. The molecule has 2 aliphatic heterocycles. The summed E-state index contributed by atoms with van der Waals surface area (Å²) in [5.74, 6) is 0. The second-order valence-electron chi connectivity index (χ2n) is 4.97. The molecule has 2 saturated heterocycles. The first-order valence-electron chi connectivity index (χ1n) is 6.27. The van der Waals surface area contributed by atoms with Crippen LogP contribution in [0.1, 0.15) is 19.3 Å². The molecule has 100 valence electrons. The molecule has 0 aliphatic carbocycles. The van der Waals surface area contributed by atoms with Gasteiger partial charge in [-0.15, -0.1) is 0 Å². The van der Waals surface area contributed by atoms with Crippen molar-refractivity contribution in [3.05, 3.63) is 0 Å². The molecule has 0 aromatic rings. The van der Waals surface area contributed by atoms with E-state index in [1.807, 2.05) is 0 Å². The molecule has 0 amide bonds. The average Bonchev–Trinajstić information content (AvgIpc) is 2.84. The Kier molecular flexibility index (Phi) is 3.95. The lowest BCUT2D eigenvalue weighted by Crippen LogP contribution is -2.50. The predicted molar refractivity (Wildman–Crippen MR) is 59.7 cm³/mol. The van der Waals surface area contributed by atoms with E-state index >= 15 is 0 Å². The maximum absolute atomic E-state index is 12.7. The Morgan fingerprint density at radius 2 is 1.82 bits per heavy atom. The van der Waals surface area contributed by atoms with Gasteiger partial charge >= 0.3 is 6.18 Å². The fourth-order valence-corrected chi connectivity index (χ4v) is 2.95. The van der Waals surface area contributed by atoms with E-state index in [-0.39, 0.29) is 6.54 Å². The van der Waals surface area contributed by atoms with E-state index < -0.39 is 12.2 Å². The van der Waals surface area contributed by atoms with Crippen molar-refractivity contribution in [2.24, 2.45) is 5.73 Å². The second-order valence-corrected chi connectivity index (χ2v) is 4.97. The van der Waals surface area contributed by atoms with Crippen LogP contribution < -0.4 is 5.73 Å². The van der Waals surface area contributed by atoms with Crippen molar-refractivity contribution >= 4 is 0 Å². The molecule has 0 radical (unpaired) electrons. The second kappa shape index (κ2) is 5.12. The van der Waals surface area contributed by atoms with Gasteiger partial charge in [-0.05, 0) is 32.4 Å². The summed E-state index contributed by atoms with van der Waals surface area (Å²) in [4.78, 5) is 3.83. The maximum atomic E-state index is 12.7. The van der Waals surface area contributed by atoms with Crippen LogP contribution >= 0.6 is 0 Å². The van der Waals surface area contributed by atoms with Gasteiger partial charge in [0, 0.05) is 25.7 Å². The quantitative estimate of drug-likeness (QED) is 0.813. The molecular formula is C11H20F3N3. The van der Waals surface area contributed by atoms with Gasteiger partial charge in [0.25, 0.3) is 0 Å². The van der Waals surface area contributed by atoms with E-state index in [4.69, 9.17) is 5.73 Å². The topological polar surface area (TPSA) is 32.5 Å². The highest BCUT2D eigenvalue weighted by molar-refractivity contribution is 4.91. The Morgan fingerprint density at radius 1 is 1.18 bits per heavy atom. The van der Waals surface area contributed by atoms with Crippen LogP contribution in [0.3, 0.4) is 0 Å². The zero-order chi connectivity index (χ0) is 12.5. The van der Waals surface area contributed by atoms with Crippen molar-refractivity contribution in [1.29, 1.82) is 0 Å². The molecule has 2 aliphatic rings. The van der Waals surface area contributed by atoms with Gasteiger partial charge in [-0.3, -0.25) is 9.80 Å². The minimum Gasteiger partial charge on any atom is -0.329 e. The molecule has 2 atom stereocenters. The number of halogens is 3. The van der Waals surface area contributed by atoms with E-state index in [2.05, 4.69) is 4.90 Å². The molecule has 2 heterocycles. The highest BCUT2D eigenvalue weighted by atomic mass is 19.4. The molecular weight excluding hydrogens is 231 g/mol. The zero-order valence-electron chi connectivity index (χ0n) is 9.92. The van der Waals surface area contributed by atoms with E-state index in [1.54, 1.807) is 0 Å². The normalized spacial score (nSPS) is 30.0. The van der Waals surface area contributed by atoms with Crippen molar-refractivity contribution in [2.45, 2.75) is 37.5 Å². The number of nitrogens with two attached hydrogens (primary N) is 1. The molecule has 0 spiro atoms. The zero-order valence-corrected chi connectivity index (χ0v) is 9.92. The van der Waals surface area contributed by atoms with Crippen molar-refractivity contribution in [3.63, 3.8) is 0 Å². The molecule has 0 aromatic carbocycles. The van der Waals surface area contributed by atoms with Gasteiger partial charge in [0.2, 0.25) is 0 Å². The highest BCUT2D eigenvalue weighted by Crippen LogP contribution is 2.29. The summed E-state index contributed by atoms with van der Waals surface area (Å²) in [6.45, 7) is 2.77. The molecule has 2 fully saturated rings. The molecule has 2 rings (SSSR count). The Bertz CT molecular complexity index is 251. The van der Waals surface area contributed by atoms with Crippen LogP contribution in [0.5, 0.6) is 0 Å². The smallest absolute Gasteiger partial charge is 0.329 e. The van der Waals surface area contributed by atoms with Gasteiger partial charge in [-0.25, -0.2) is 0 Å². The minimum absolute atomic E-state index is 0.300. The van der Waals surface area contributed by atoms with Crippen LogP contribution in [0, 0.1) is 0 Å². The largest absolute Gasteiger partial charge is 0.405 e. The summed E-state index contributed by atoms with van der Waals surface area (Å²) in [7, 11) is 0. The molecule has 0 saturated carbocycles. The van der Waals surface area contributed by atoms with Gasteiger partial charge in [0.15, 0.2) is 0 Å². The van der Waals surface area contributed by atoms with Crippen molar-refractivity contribution in [2.75, 3.05) is 32.7 Å². The Hall–Kier alpha value is -0.330. The molecule has 3 nitrogen and oxygen atoms in total. The van der Waals surface area contributed by atoms with Crippen LogP contribution in [0.2, 0.25) is 0 Å². The van der Waals surface area contributed by atoms with Crippen LogP contribution in [-0.4, -0.2) is 60.8 Å². The van der Waals surface area contributed by atoms with Gasteiger partial charge in [0.05, 0.1) is 0 Å². The molecule has 2 N–H and O–H groups in total. The van der Waals surface area contributed by atoms with Crippen molar-refractivity contribution < 1.29 is 13.2 Å². The number of alkyl halides is 3. The van der Waals surface area contributed by atoms with E-state index in [0.717, 1.165) is 19.5 Å². The molecule has 2 unspecified atom stereocenters. The average molecular weight is 251 g/mol. The lowest BCUT2D eigenvalue weighted by molar-refractivity contribution is -0.178. The third-order valence-electron chi connectivity index (χ3n) is 3.89. The molecule has 6 heteroatoms. The Morgan fingerprint density at radius 3 is 2.35 bits per heavy atom. The maximum Gasteiger partial charge on any atom is 0.405 e. The summed E-state index contributed by atoms with van der Waals surface area (Å²) in [6, 6.07) is -1.16. The summed E-state index contributed by atoms with van der Waals surface area (Å²) in [5, 5.41) is 0. The SMILES string of the molecule is NCC(N1CCC(N2CCCC2)C1)C(F)(F)F. The van der Waals surface area contributed by atoms with Crippen molar-refractivity contribution in [1.82, 2.24) is 9.80 Å². The third-order valence-corrected chi connectivity index (χ3v) is 3.89. The molecule has 17 heavy (non-hydrogen) atoms. The Balaban J connectivity index is 1.91. The lowest BCUT2D eigenvalue weighted by atomic mass is 10.2. The summed E-state index contributed by atoms with van der Waals surface area (Å²) in [6.07, 6.45) is -1.01. The number of nitrogens with zero attached hydrogens (tertiary/aromatic N) is 2. The van der Waals surface area contributed by atoms with Gasteiger partial charge in [0.1, 0.15) is 6.04 Å². The monoisotopic (exact) mass is 251 g/mol.